The Bertz CT molecular complexity index is 788. The van der Waals surface area contributed by atoms with Crippen LogP contribution < -0.4 is 5.32 Å². The Kier molecular flexibility index (Phi) is 4.74. The second-order valence-corrected chi connectivity index (χ2v) is 7.57. The standard InChI is InChI=1S/C15H20N4O3S/c1-23(20,21)12-2-3-14-13(10-12)15(18-11-17-14)16-4-5-19-6-8-22-9-7-19/h2-3,10-11H,4-9H2,1H3,(H,16,17,18). The third-order valence-electron chi connectivity index (χ3n) is 3.86. The molecule has 2 aromatic rings. The Labute approximate surface area is 135 Å². The minimum atomic E-state index is -3.25. The maximum absolute atomic E-state index is 11.7. The predicted molar refractivity (Wildman–Crippen MR) is 88.4 cm³/mol. The number of morpholine rings is 1. The van der Waals surface area contributed by atoms with Gasteiger partial charge in [0, 0.05) is 37.8 Å². The van der Waals surface area contributed by atoms with Gasteiger partial charge in [-0.2, -0.15) is 0 Å². The molecular weight excluding hydrogens is 316 g/mol. The average Bonchev–Trinajstić information content (AvgIpc) is 2.55. The number of hydrogen-bond donors (Lipinski definition) is 1. The highest BCUT2D eigenvalue weighted by atomic mass is 32.2. The molecule has 0 saturated carbocycles. The van der Waals surface area contributed by atoms with Gasteiger partial charge in [0.2, 0.25) is 0 Å². The summed E-state index contributed by atoms with van der Waals surface area (Å²) < 4.78 is 28.8. The van der Waals surface area contributed by atoms with E-state index in [1.165, 1.54) is 12.6 Å². The van der Waals surface area contributed by atoms with Crippen LogP contribution in [0.3, 0.4) is 0 Å². The summed E-state index contributed by atoms with van der Waals surface area (Å²) in [6.07, 6.45) is 2.68. The van der Waals surface area contributed by atoms with Crippen LogP contribution in [0, 0.1) is 0 Å². The van der Waals surface area contributed by atoms with Crippen molar-refractivity contribution in [1.82, 2.24) is 14.9 Å². The van der Waals surface area contributed by atoms with E-state index in [0.29, 0.717) is 5.82 Å². The summed E-state index contributed by atoms with van der Waals surface area (Å²) in [6, 6.07) is 4.91. The number of rotatable bonds is 5. The highest BCUT2D eigenvalue weighted by Crippen LogP contribution is 2.22. The molecule has 1 saturated heterocycles. The van der Waals surface area contributed by atoms with Crippen LogP contribution in [-0.2, 0) is 14.6 Å². The average molecular weight is 336 g/mol. The van der Waals surface area contributed by atoms with Crippen molar-refractivity contribution in [2.75, 3.05) is 51.0 Å². The topological polar surface area (TPSA) is 84.4 Å². The van der Waals surface area contributed by atoms with Crippen LogP contribution >= 0.6 is 0 Å². The Morgan fingerprint density at radius 1 is 1.26 bits per heavy atom. The maximum atomic E-state index is 11.7. The number of sulfone groups is 1. The minimum absolute atomic E-state index is 0.274. The number of nitrogens with zero attached hydrogens (tertiary/aromatic N) is 3. The van der Waals surface area contributed by atoms with E-state index in [9.17, 15) is 8.42 Å². The largest absolute Gasteiger partial charge is 0.379 e. The number of nitrogens with one attached hydrogen (secondary N) is 1. The van der Waals surface area contributed by atoms with Gasteiger partial charge in [-0.25, -0.2) is 18.4 Å². The first-order chi connectivity index (χ1) is 11.0. The summed E-state index contributed by atoms with van der Waals surface area (Å²) in [7, 11) is -3.25. The van der Waals surface area contributed by atoms with Crippen LogP contribution in [0.15, 0.2) is 29.4 Å². The molecule has 7 nitrogen and oxygen atoms in total. The van der Waals surface area contributed by atoms with E-state index < -0.39 is 9.84 Å². The third-order valence-corrected chi connectivity index (χ3v) is 4.97. The van der Waals surface area contributed by atoms with Gasteiger partial charge >= 0.3 is 0 Å². The van der Waals surface area contributed by atoms with E-state index in [-0.39, 0.29) is 4.90 Å². The Balaban J connectivity index is 1.76. The summed E-state index contributed by atoms with van der Waals surface area (Å²) in [5, 5.41) is 4.01. The molecule has 1 N–H and O–H groups in total. The van der Waals surface area contributed by atoms with Gasteiger partial charge in [-0.05, 0) is 18.2 Å². The molecule has 0 unspecified atom stereocenters. The van der Waals surface area contributed by atoms with Crippen LogP contribution in [0.2, 0.25) is 0 Å². The molecule has 1 aliphatic rings. The fourth-order valence-corrected chi connectivity index (χ4v) is 3.21. The summed E-state index contributed by atoms with van der Waals surface area (Å²) in [5.41, 5.74) is 0.723. The summed E-state index contributed by atoms with van der Waals surface area (Å²) in [5.74, 6) is 0.661. The van der Waals surface area contributed by atoms with Crippen LogP contribution in [0.1, 0.15) is 0 Å². The van der Waals surface area contributed by atoms with Crippen molar-refractivity contribution in [1.29, 1.82) is 0 Å². The number of aromatic nitrogens is 2. The van der Waals surface area contributed by atoms with E-state index in [0.717, 1.165) is 50.3 Å². The normalized spacial score (nSPS) is 16.6. The van der Waals surface area contributed by atoms with Crippen molar-refractivity contribution < 1.29 is 13.2 Å². The molecule has 23 heavy (non-hydrogen) atoms. The molecule has 0 spiro atoms. The monoisotopic (exact) mass is 336 g/mol. The number of fused-ring (bicyclic) bond motifs is 1. The van der Waals surface area contributed by atoms with Crippen LogP contribution in [0.25, 0.3) is 10.9 Å². The predicted octanol–water partition coefficient (Wildman–Crippen LogP) is 0.777. The first-order valence-electron chi connectivity index (χ1n) is 7.53. The van der Waals surface area contributed by atoms with Crippen molar-refractivity contribution in [2.24, 2.45) is 0 Å². The number of benzene rings is 1. The summed E-state index contributed by atoms with van der Waals surface area (Å²) >= 11 is 0. The molecule has 124 valence electrons. The molecule has 0 aliphatic carbocycles. The number of hydrogen-bond acceptors (Lipinski definition) is 7. The molecule has 1 fully saturated rings. The Hall–Kier alpha value is -1.77. The lowest BCUT2D eigenvalue weighted by molar-refractivity contribution is 0.0398. The third kappa shape index (κ3) is 3.95. The van der Waals surface area contributed by atoms with E-state index in [2.05, 4.69) is 20.2 Å². The lowest BCUT2D eigenvalue weighted by atomic mass is 10.2. The first kappa shape index (κ1) is 16.1. The van der Waals surface area contributed by atoms with Gasteiger partial charge in [-0.1, -0.05) is 0 Å². The van der Waals surface area contributed by atoms with Gasteiger partial charge in [-0.3, -0.25) is 4.90 Å². The van der Waals surface area contributed by atoms with E-state index in [1.807, 2.05) is 0 Å². The quantitative estimate of drug-likeness (QED) is 0.863. The van der Waals surface area contributed by atoms with Crippen molar-refractivity contribution in [3.05, 3.63) is 24.5 Å². The van der Waals surface area contributed by atoms with Gasteiger partial charge in [0.25, 0.3) is 0 Å². The molecular formula is C15H20N4O3S. The first-order valence-corrected chi connectivity index (χ1v) is 9.42. The van der Waals surface area contributed by atoms with Crippen LogP contribution in [-0.4, -0.2) is 68.9 Å². The van der Waals surface area contributed by atoms with E-state index in [4.69, 9.17) is 4.74 Å². The lowest BCUT2D eigenvalue weighted by Gasteiger charge is -2.26. The zero-order chi connectivity index (χ0) is 16.3. The SMILES string of the molecule is CS(=O)(=O)c1ccc2ncnc(NCCN3CCOCC3)c2c1. The summed E-state index contributed by atoms with van der Waals surface area (Å²) in [4.78, 5) is 11.0. The zero-order valence-electron chi connectivity index (χ0n) is 13.0. The molecule has 1 aromatic heterocycles. The summed E-state index contributed by atoms with van der Waals surface area (Å²) in [6.45, 7) is 5.03. The number of anilines is 1. The molecule has 0 amide bonds. The van der Waals surface area contributed by atoms with Crippen LogP contribution in [0.4, 0.5) is 5.82 Å². The zero-order valence-corrected chi connectivity index (χ0v) is 13.8. The second-order valence-electron chi connectivity index (χ2n) is 5.55. The Morgan fingerprint density at radius 3 is 2.78 bits per heavy atom. The fourth-order valence-electron chi connectivity index (χ4n) is 2.56. The van der Waals surface area contributed by atoms with E-state index >= 15 is 0 Å². The second kappa shape index (κ2) is 6.77. The van der Waals surface area contributed by atoms with Crippen molar-refractivity contribution in [2.45, 2.75) is 4.90 Å². The molecule has 0 bridgehead atoms. The molecule has 1 aromatic carbocycles. The molecule has 0 atom stereocenters. The molecule has 2 heterocycles. The lowest BCUT2D eigenvalue weighted by Crippen LogP contribution is -2.39. The maximum Gasteiger partial charge on any atom is 0.175 e. The van der Waals surface area contributed by atoms with Gasteiger partial charge in [-0.15, -0.1) is 0 Å². The smallest absolute Gasteiger partial charge is 0.175 e. The number of ether oxygens (including phenoxy) is 1. The molecule has 0 radical (unpaired) electrons. The van der Waals surface area contributed by atoms with Crippen molar-refractivity contribution in [3.8, 4) is 0 Å². The Morgan fingerprint density at radius 2 is 2.04 bits per heavy atom. The van der Waals surface area contributed by atoms with Crippen LogP contribution in [0.5, 0.6) is 0 Å². The van der Waals surface area contributed by atoms with Crippen molar-refractivity contribution >= 4 is 26.6 Å². The highest BCUT2D eigenvalue weighted by molar-refractivity contribution is 7.90. The van der Waals surface area contributed by atoms with Gasteiger partial charge in [0.05, 0.1) is 23.6 Å². The minimum Gasteiger partial charge on any atom is -0.379 e. The van der Waals surface area contributed by atoms with Gasteiger partial charge in [0.1, 0.15) is 12.1 Å². The van der Waals surface area contributed by atoms with E-state index in [1.54, 1.807) is 18.2 Å². The fraction of sp³-hybridized carbons (Fsp3) is 0.467. The molecule has 1 aliphatic heterocycles. The molecule has 3 rings (SSSR count). The molecule has 8 heteroatoms. The van der Waals surface area contributed by atoms with Gasteiger partial charge in [0.15, 0.2) is 9.84 Å². The van der Waals surface area contributed by atoms with Gasteiger partial charge < -0.3 is 10.1 Å². The van der Waals surface area contributed by atoms with Crippen molar-refractivity contribution in [3.63, 3.8) is 0 Å². The highest BCUT2D eigenvalue weighted by Gasteiger charge is 2.12.